The number of hydrogen-bond donors (Lipinski definition) is 1. The highest BCUT2D eigenvalue weighted by Crippen LogP contribution is 2.21. The summed E-state index contributed by atoms with van der Waals surface area (Å²) in [5.41, 5.74) is 6.25. The fourth-order valence-corrected chi connectivity index (χ4v) is 2.01. The number of fused-ring (bicyclic) bond motifs is 1. The summed E-state index contributed by atoms with van der Waals surface area (Å²) >= 11 is 5.76. The first-order valence-corrected chi connectivity index (χ1v) is 5.81. The van der Waals surface area contributed by atoms with E-state index < -0.39 is 5.91 Å². The lowest BCUT2D eigenvalue weighted by Crippen LogP contribution is -2.12. The van der Waals surface area contributed by atoms with Crippen LogP contribution in [0.4, 0.5) is 0 Å². The van der Waals surface area contributed by atoms with Gasteiger partial charge in [0.2, 0.25) is 5.28 Å². The Morgan fingerprint density at radius 3 is 2.79 bits per heavy atom. The number of amides is 1. The molecule has 0 atom stereocenters. The van der Waals surface area contributed by atoms with Gasteiger partial charge in [-0.3, -0.25) is 4.79 Å². The Balaban J connectivity index is 2.33. The molecule has 0 spiro atoms. The van der Waals surface area contributed by atoms with Crippen molar-refractivity contribution in [3.05, 3.63) is 47.5 Å². The molecular weight excluding hydrogens is 266 g/mol. The second-order valence-electron chi connectivity index (χ2n) is 3.83. The molecule has 3 aromatic rings. The Morgan fingerprint density at radius 1 is 1.26 bits per heavy atom. The second kappa shape index (κ2) is 4.33. The van der Waals surface area contributed by atoms with Gasteiger partial charge in [-0.2, -0.15) is 10.1 Å². The molecule has 2 N–H and O–H groups in total. The van der Waals surface area contributed by atoms with Crippen molar-refractivity contribution in [2.75, 3.05) is 0 Å². The Bertz CT molecular complexity index is 783. The zero-order chi connectivity index (χ0) is 13.4. The second-order valence-corrected chi connectivity index (χ2v) is 4.16. The molecule has 0 aliphatic carbocycles. The number of para-hydroxylation sites is 1. The highest BCUT2D eigenvalue weighted by Gasteiger charge is 2.15. The van der Waals surface area contributed by atoms with Crippen molar-refractivity contribution in [3.8, 4) is 5.82 Å². The zero-order valence-corrected chi connectivity index (χ0v) is 10.4. The third-order valence-electron chi connectivity index (χ3n) is 2.65. The molecule has 1 aromatic carbocycles. The van der Waals surface area contributed by atoms with Crippen LogP contribution in [0.15, 0.2) is 36.5 Å². The van der Waals surface area contributed by atoms with Crippen LogP contribution in [-0.4, -0.2) is 25.7 Å². The molecule has 0 saturated carbocycles. The quantitative estimate of drug-likeness (QED) is 0.718. The first-order valence-electron chi connectivity index (χ1n) is 5.43. The summed E-state index contributed by atoms with van der Waals surface area (Å²) in [6.45, 7) is 0. The van der Waals surface area contributed by atoms with E-state index in [1.54, 1.807) is 12.1 Å². The van der Waals surface area contributed by atoms with Crippen LogP contribution in [0.1, 0.15) is 10.5 Å². The first kappa shape index (κ1) is 11.6. The van der Waals surface area contributed by atoms with E-state index in [9.17, 15) is 4.79 Å². The number of rotatable bonds is 2. The average molecular weight is 274 g/mol. The lowest BCUT2D eigenvalue weighted by Gasteiger charge is -2.01. The predicted octanol–water partition coefficient (Wildman–Crippen LogP) is 1.57. The maximum atomic E-state index is 11.4. The van der Waals surface area contributed by atoms with Crippen LogP contribution in [0, 0.1) is 0 Å². The Kier molecular flexibility index (Phi) is 2.64. The van der Waals surface area contributed by atoms with Gasteiger partial charge in [0.05, 0.1) is 5.52 Å². The standard InChI is InChI=1S/C12H8ClN5O/c13-12-15-6-5-9(16-12)18-8-4-2-1-3-7(8)10(17-18)11(14)19/h1-6H,(H2,14,19). The van der Waals surface area contributed by atoms with Crippen LogP contribution < -0.4 is 5.73 Å². The third kappa shape index (κ3) is 1.92. The maximum absolute atomic E-state index is 11.4. The molecule has 0 radical (unpaired) electrons. The van der Waals surface area contributed by atoms with Gasteiger partial charge >= 0.3 is 0 Å². The van der Waals surface area contributed by atoms with Gasteiger partial charge in [-0.05, 0) is 17.7 Å². The van der Waals surface area contributed by atoms with Gasteiger partial charge in [-0.25, -0.2) is 9.67 Å². The summed E-state index contributed by atoms with van der Waals surface area (Å²) < 4.78 is 1.52. The average Bonchev–Trinajstić information content (AvgIpc) is 2.78. The van der Waals surface area contributed by atoms with Gasteiger partial charge in [0.25, 0.3) is 5.91 Å². The van der Waals surface area contributed by atoms with Crippen LogP contribution in [0.3, 0.4) is 0 Å². The van der Waals surface area contributed by atoms with Crippen LogP contribution >= 0.6 is 11.6 Å². The molecule has 7 heteroatoms. The van der Waals surface area contributed by atoms with Crippen LogP contribution in [0.25, 0.3) is 16.7 Å². The monoisotopic (exact) mass is 273 g/mol. The fourth-order valence-electron chi connectivity index (χ4n) is 1.87. The van der Waals surface area contributed by atoms with E-state index in [4.69, 9.17) is 17.3 Å². The van der Waals surface area contributed by atoms with Crippen molar-refractivity contribution < 1.29 is 4.79 Å². The molecule has 0 saturated heterocycles. The van der Waals surface area contributed by atoms with Crippen molar-refractivity contribution in [2.45, 2.75) is 0 Å². The third-order valence-corrected chi connectivity index (χ3v) is 2.83. The Labute approximate surface area is 112 Å². The number of halogens is 1. The lowest BCUT2D eigenvalue weighted by molar-refractivity contribution is 0.0996. The smallest absolute Gasteiger partial charge is 0.269 e. The summed E-state index contributed by atoms with van der Waals surface area (Å²) in [4.78, 5) is 19.3. The Hall–Kier alpha value is -2.47. The van der Waals surface area contributed by atoms with E-state index in [0.717, 1.165) is 5.52 Å². The number of carbonyl (C=O) groups excluding carboxylic acids is 1. The molecule has 6 nitrogen and oxygen atoms in total. The zero-order valence-electron chi connectivity index (χ0n) is 9.62. The summed E-state index contributed by atoms with van der Waals surface area (Å²) in [6.07, 6.45) is 1.52. The first-order chi connectivity index (χ1) is 9.16. The van der Waals surface area contributed by atoms with Crippen LogP contribution in [0.2, 0.25) is 5.28 Å². The van der Waals surface area contributed by atoms with Crippen molar-refractivity contribution in [1.29, 1.82) is 0 Å². The fraction of sp³-hybridized carbons (Fsp3) is 0. The summed E-state index contributed by atoms with van der Waals surface area (Å²) in [5, 5.41) is 4.97. The van der Waals surface area contributed by atoms with Crippen LogP contribution in [0.5, 0.6) is 0 Å². The van der Waals surface area contributed by atoms with E-state index in [0.29, 0.717) is 11.2 Å². The largest absolute Gasteiger partial charge is 0.364 e. The highest BCUT2D eigenvalue weighted by atomic mass is 35.5. The van der Waals surface area contributed by atoms with E-state index in [1.807, 2.05) is 18.2 Å². The minimum Gasteiger partial charge on any atom is -0.364 e. The molecule has 19 heavy (non-hydrogen) atoms. The minimum absolute atomic E-state index is 0.109. The minimum atomic E-state index is -0.588. The van der Waals surface area contributed by atoms with Gasteiger partial charge in [0, 0.05) is 17.6 Å². The van der Waals surface area contributed by atoms with E-state index >= 15 is 0 Å². The van der Waals surface area contributed by atoms with Crippen molar-refractivity contribution in [2.24, 2.45) is 5.73 Å². The summed E-state index contributed by atoms with van der Waals surface area (Å²) in [7, 11) is 0. The molecule has 0 aliphatic rings. The number of hydrogen-bond acceptors (Lipinski definition) is 4. The van der Waals surface area contributed by atoms with Crippen molar-refractivity contribution in [1.82, 2.24) is 19.7 Å². The number of nitrogens with two attached hydrogens (primary N) is 1. The lowest BCUT2D eigenvalue weighted by atomic mass is 10.2. The van der Waals surface area contributed by atoms with E-state index in [1.165, 1.54) is 10.9 Å². The predicted molar refractivity (Wildman–Crippen MR) is 70.2 cm³/mol. The molecule has 0 fully saturated rings. The maximum Gasteiger partial charge on any atom is 0.269 e. The van der Waals surface area contributed by atoms with Gasteiger partial charge in [-0.1, -0.05) is 18.2 Å². The normalized spacial score (nSPS) is 10.8. The molecule has 94 valence electrons. The van der Waals surface area contributed by atoms with E-state index in [2.05, 4.69) is 15.1 Å². The summed E-state index contributed by atoms with van der Waals surface area (Å²) in [5.74, 6) is -0.112. The van der Waals surface area contributed by atoms with E-state index in [-0.39, 0.29) is 11.0 Å². The van der Waals surface area contributed by atoms with Gasteiger partial charge in [-0.15, -0.1) is 0 Å². The molecular formula is C12H8ClN5O. The molecule has 0 unspecified atom stereocenters. The topological polar surface area (TPSA) is 86.7 Å². The SMILES string of the molecule is NC(=O)c1nn(-c2ccnc(Cl)n2)c2ccccc12. The molecule has 0 aliphatic heterocycles. The number of primary amides is 1. The number of nitrogens with zero attached hydrogens (tertiary/aromatic N) is 4. The molecule has 2 aromatic heterocycles. The number of benzene rings is 1. The van der Waals surface area contributed by atoms with Crippen molar-refractivity contribution in [3.63, 3.8) is 0 Å². The molecule has 1 amide bonds. The van der Waals surface area contributed by atoms with Gasteiger partial charge in [0.1, 0.15) is 0 Å². The number of aromatic nitrogens is 4. The van der Waals surface area contributed by atoms with Gasteiger partial charge < -0.3 is 5.73 Å². The molecule has 2 heterocycles. The highest BCUT2D eigenvalue weighted by molar-refractivity contribution is 6.28. The van der Waals surface area contributed by atoms with Gasteiger partial charge in [0.15, 0.2) is 11.5 Å². The summed E-state index contributed by atoms with van der Waals surface area (Å²) in [6, 6.07) is 8.91. The molecule has 3 rings (SSSR count). The van der Waals surface area contributed by atoms with Crippen LogP contribution in [-0.2, 0) is 0 Å². The number of carbonyl (C=O) groups is 1. The molecule has 0 bridgehead atoms. The van der Waals surface area contributed by atoms with Crippen molar-refractivity contribution >= 4 is 28.4 Å². The Morgan fingerprint density at radius 2 is 2.05 bits per heavy atom.